The predicted octanol–water partition coefficient (Wildman–Crippen LogP) is 2.94. The molecule has 0 saturated heterocycles. The van der Waals surface area contributed by atoms with Crippen LogP contribution in [0.25, 0.3) is 16.7 Å². The van der Waals surface area contributed by atoms with Crippen molar-refractivity contribution in [3.05, 3.63) is 81.0 Å². The Kier molecular flexibility index (Phi) is 4.53. The van der Waals surface area contributed by atoms with Crippen molar-refractivity contribution < 1.29 is 4.92 Å². The minimum absolute atomic E-state index is 0.214. The van der Waals surface area contributed by atoms with Gasteiger partial charge < -0.3 is 0 Å². The minimum Gasteiger partial charge on any atom is -0.268 e. The van der Waals surface area contributed by atoms with E-state index in [0.717, 1.165) is 29.7 Å². The molecule has 0 aliphatic heterocycles. The molecule has 0 radical (unpaired) electrons. The SMILES string of the molecule is Cc1ccc(-n2c(Sc3ncc([N+](=O)[O-])cn3)nc3ccccc3c2=O)nc1. The van der Waals surface area contributed by atoms with Crippen LogP contribution in [0.15, 0.2) is 70.1 Å². The number of nitro groups is 1. The van der Waals surface area contributed by atoms with Gasteiger partial charge in [0.05, 0.1) is 15.8 Å². The summed E-state index contributed by atoms with van der Waals surface area (Å²) in [7, 11) is 0. The number of pyridine rings is 1. The molecule has 0 amide bonds. The van der Waals surface area contributed by atoms with E-state index in [1.54, 1.807) is 36.5 Å². The van der Waals surface area contributed by atoms with Crippen LogP contribution >= 0.6 is 11.8 Å². The van der Waals surface area contributed by atoms with Crippen molar-refractivity contribution in [3.63, 3.8) is 0 Å². The molecule has 0 aliphatic carbocycles. The molecule has 0 N–H and O–H groups in total. The molecular formula is C18H12N6O3S. The number of benzene rings is 1. The van der Waals surface area contributed by atoms with E-state index in [1.165, 1.54) is 4.57 Å². The van der Waals surface area contributed by atoms with E-state index in [9.17, 15) is 14.9 Å². The van der Waals surface area contributed by atoms with Crippen molar-refractivity contribution in [2.24, 2.45) is 0 Å². The largest absolute Gasteiger partial charge is 0.305 e. The van der Waals surface area contributed by atoms with Gasteiger partial charge in [0.15, 0.2) is 10.3 Å². The van der Waals surface area contributed by atoms with Crippen molar-refractivity contribution in [1.82, 2.24) is 24.5 Å². The van der Waals surface area contributed by atoms with Crippen LogP contribution in [0.1, 0.15) is 5.56 Å². The van der Waals surface area contributed by atoms with E-state index in [1.807, 2.05) is 13.0 Å². The number of para-hydroxylation sites is 1. The van der Waals surface area contributed by atoms with Crippen LogP contribution in [0, 0.1) is 17.0 Å². The lowest BCUT2D eigenvalue weighted by atomic mass is 10.2. The van der Waals surface area contributed by atoms with E-state index in [0.29, 0.717) is 21.9 Å². The third kappa shape index (κ3) is 3.32. The zero-order chi connectivity index (χ0) is 19.7. The monoisotopic (exact) mass is 392 g/mol. The van der Waals surface area contributed by atoms with Crippen LogP contribution in [-0.4, -0.2) is 29.4 Å². The molecule has 0 bridgehead atoms. The molecule has 10 heteroatoms. The van der Waals surface area contributed by atoms with Gasteiger partial charge >= 0.3 is 5.69 Å². The fourth-order valence-corrected chi connectivity index (χ4v) is 3.30. The molecule has 0 atom stereocenters. The molecule has 9 nitrogen and oxygen atoms in total. The van der Waals surface area contributed by atoms with Crippen LogP contribution in [0.3, 0.4) is 0 Å². The summed E-state index contributed by atoms with van der Waals surface area (Å²) in [5.41, 5.74) is 0.999. The highest BCUT2D eigenvalue weighted by atomic mass is 32.2. The number of hydrogen-bond donors (Lipinski definition) is 0. The third-order valence-electron chi connectivity index (χ3n) is 3.88. The fraction of sp³-hybridized carbons (Fsp3) is 0.0556. The second-order valence-corrected chi connectivity index (χ2v) is 6.76. The number of rotatable bonds is 4. The summed E-state index contributed by atoms with van der Waals surface area (Å²) < 4.78 is 1.39. The lowest BCUT2D eigenvalue weighted by Gasteiger charge is -2.11. The molecule has 3 heterocycles. The van der Waals surface area contributed by atoms with E-state index >= 15 is 0 Å². The van der Waals surface area contributed by atoms with Crippen molar-refractivity contribution in [3.8, 4) is 5.82 Å². The second-order valence-electron chi connectivity index (χ2n) is 5.83. The van der Waals surface area contributed by atoms with E-state index in [4.69, 9.17) is 0 Å². The third-order valence-corrected chi connectivity index (χ3v) is 4.73. The smallest absolute Gasteiger partial charge is 0.268 e. The standard InChI is InChI=1S/C18H12N6O3S/c1-11-6-7-15(19-8-11)23-16(25)13-4-2-3-5-14(13)22-18(23)28-17-20-9-12(10-21-17)24(26)27/h2-10H,1H3. The summed E-state index contributed by atoms with van der Waals surface area (Å²) in [5, 5.41) is 11.8. The van der Waals surface area contributed by atoms with Gasteiger partial charge in [-0.3, -0.25) is 14.9 Å². The van der Waals surface area contributed by atoms with Gasteiger partial charge in [-0.1, -0.05) is 18.2 Å². The normalized spacial score (nSPS) is 10.9. The Labute approximate surface area is 162 Å². The van der Waals surface area contributed by atoms with Gasteiger partial charge in [0.1, 0.15) is 18.2 Å². The highest BCUT2D eigenvalue weighted by Crippen LogP contribution is 2.26. The molecule has 4 rings (SSSR count). The van der Waals surface area contributed by atoms with E-state index in [-0.39, 0.29) is 16.4 Å². The maximum Gasteiger partial charge on any atom is 0.305 e. The van der Waals surface area contributed by atoms with Gasteiger partial charge in [-0.15, -0.1) is 0 Å². The van der Waals surface area contributed by atoms with Crippen molar-refractivity contribution in [2.75, 3.05) is 0 Å². The number of fused-ring (bicyclic) bond motifs is 1. The van der Waals surface area contributed by atoms with Crippen molar-refractivity contribution in [2.45, 2.75) is 17.2 Å². The topological polar surface area (TPSA) is 117 Å². The molecule has 0 aliphatic rings. The Morgan fingerprint density at radius 1 is 1.04 bits per heavy atom. The minimum atomic E-state index is -0.575. The Morgan fingerprint density at radius 3 is 2.46 bits per heavy atom. The van der Waals surface area contributed by atoms with Crippen LogP contribution in [0.2, 0.25) is 0 Å². The molecule has 28 heavy (non-hydrogen) atoms. The van der Waals surface area contributed by atoms with Crippen LogP contribution < -0.4 is 5.56 Å². The summed E-state index contributed by atoms with van der Waals surface area (Å²) in [6, 6.07) is 10.6. The van der Waals surface area contributed by atoms with E-state index in [2.05, 4.69) is 19.9 Å². The maximum absolute atomic E-state index is 13.1. The highest BCUT2D eigenvalue weighted by molar-refractivity contribution is 7.99. The molecule has 0 fully saturated rings. The summed E-state index contributed by atoms with van der Waals surface area (Å²) in [6.07, 6.45) is 3.89. The summed E-state index contributed by atoms with van der Waals surface area (Å²) >= 11 is 1.03. The second kappa shape index (κ2) is 7.16. The average molecular weight is 392 g/mol. The van der Waals surface area contributed by atoms with Crippen LogP contribution in [0.4, 0.5) is 5.69 Å². The average Bonchev–Trinajstić information content (AvgIpc) is 2.70. The predicted molar refractivity (Wildman–Crippen MR) is 103 cm³/mol. The Morgan fingerprint density at radius 2 is 1.79 bits per heavy atom. The first-order valence-corrected chi connectivity index (χ1v) is 8.94. The highest BCUT2D eigenvalue weighted by Gasteiger charge is 2.16. The quantitative estimate of drug-likeness (QED) is 0.296. The Balaban J connectivity index is 1.88. The molecular weight excluding hydrogens is 380 g/mol. The first-order valence-electron chi connectivity index (χ1n) is 8.12. The molecule has 4 aromatic rings. The first-order chi connectivity index (χ1) is 13.5. The lowest BCUT2D eigenvalue weighted by molar-refractivity contribution is -0.385. The van der Waals surface area contributed by atoms with Gasteiger partial charge in [0, 0.05) is 6.20 Å². The van der Waals surface area contributed by atoms with Crippen LogP contribution in [-0.2, 0) is 0 Å². The summed E-state index contributed by atoms with van der Waals surface area (Å²) in [5.74, 6) is 0.415. The first kappa shape index (κ1) is 17.7. The summed E-state index contributed by atoms with van der Waals surface area (Å²) in [6.45, 7) is 1.90. The maximum atomic E-state index is 13.1. The van der Waals surface area contributed by atoms with Crippen molar-refractivity contribution >= 4 is 28.4 Å². The molecule has 3 aromatic heterocycles. The van der Waals surface area contributed by atoms with Crippen LogP contribution in [0.5, 0.6) is 0 Å². The van der Waals surface area contributed by atoms with Gasteiger partial charge in [-0.2, -0.15) is 0 Å². The van der Waals surface area contributed by atoms with Gasteiger partial charge in [0.2, 0.25) is 0 Å². The zero-order valence-electron chi connectivity index (χ0n) is 14.5. The van der Waals surface area contributed by atoms with Gasteiger partial charge in [-0.05, 0) is 42.4 Å². The Bertz CT molecular complexity index is 1240. The van der Waals surface area contributed by atoms with Crippen molar-refractivity contribution in [1.29, 1.82) is 0 Å². The number of hydrogen-bond acceptors (Lipinski definition) is 8. The zero-order valence-corrected chi connectivity index (χ0v) is 15.3. The van der Waals surface area contributed by atoms with Gasteiger partial charge in [0.25, 0.3) is 5.56 Å². The molecule has 0 unspecified atom stereocenters. The number of aromatic nitrogens is 5. The number of nitrogens with zero attached hydrogens (tertiary/aromatic N) is 6. The van der Waals surface area contributed by atoms with Gasteiger partial charge in [-0.25, -0.2) is 24.5 Å². The Hall–Kier alpha value is -3.66. The molecule has 138 valence electrons. The summed E-state index contributed by atoms with van der Waals surface area (Å²) in [4.78, 5) is 40.2. The molecule has 0 spiro atoms. The lowest BCUT2D eigenvalue weighted by Crippen LogP contribution is -2.22. The number of aryl methyl sites for hydroxylation is 1. The fourth-order valence-electron chi connectivity index (χ4n) is 2.51. The van der Waals surface area contributed by atoms with E-state index < -0.39 is 4.92 Å². The molecule has 1 aromatic carbocycles. The molecule has 0 saturated carbocycles.